The van der Waals surface area contributed by atoms with Crippen molar-refractivity contribution in [1.82, 2.24) is 5.06 Å². The first kappa shape index (κ1) is 21.8. The number of benzene rings is 3. The number of hydrogen-bond donors (Lipinski definition) is 1. The molecular weight excluding hydrogens is 400 g/mol. The predicted octanol–water partition coefficient (Wildman–Crippen LogP) is 5.47. The Morgan fingerprint density at radius 2 is 1.62 bits per heavy atom. The summed E-state index contributed by atoms with van der Waals surface area (Å²) >= 11 is 0. The Morgan fingerprint density at radius 1 is 0.969 bits per heavy atom. The summed E-state index contributed by atoms with van der Waals surface area (Å²) in [6.45, 7) is 5.88. The molecule has 5 heteroatoms. The number of nitrogens with zero attached hydrogens (tertiary/aromatic N) is 1. The molecule has 1 N–H and O–H groups in total. The number of aryl methyl sites for hydroxylation is 1. The van der Waals surface area contributed by atoms with Crippen molar-refractivity contribution in [2.45, 2.75) is 45.4 Å². The molecular formula is C27H28N2O3. The van der Waals surface area contributed by atoms with E-state index in [0.29, 0.717) is 5.56 Å². The maximum absolute atomic E-state index is 13.6. The van der Waals surface area contributed by atoms with Crippen LogP contribution in [0.4, 0.5) is 5.69 Å². The molecule has 0 radical (unpaired) electrons. The van der Waals surface area contributed by atoms with Crippen LogP contribution in [0.3, 0.4) is 0 Å². The van der Waals surface area contributed by atoms with E-state index in [1.54, 1.807) is 0 Å². The number of hydrogen-bond acceptors (Lipinski definition) is 4. The molecule has 32 heavy (non-hydrogen) atoms. The summed E-state index contributed by atoms with van der Waals surface area (Å²) in [4.78, 5) is 32.9. The number of carbonyl (C=O) groups is 2. The molecule has 1 aliphatic heterocycles. The average Bonchev–Trinajstić information content (AvgIpc) is 2.86. The molecule has 0 saturated heterocycles. The Morgan fingerprint density at radius 3 is 2.34 bits per heavy atom. The van der Waals surface area contributed by atoms with Gasteiger partial charge in [-0.15, -0.1) is 0 Å². The topological polar surface area (TPSA) is 58.6 Å². The van der Waals surface area contributed by atoms with Gasteiger partial charge in [-0.05, 0) is 32.4 Å². The van der Waals surface area contributed by atoms with Gasteiger partial charge >= 0.3 is 0 Å². The average molecular weight is 429 g/mol. The van der Waals surface area contributed by atoms with Crippen LogP contribution in [0.25, 0.3) is 0 Å². The van der Waals surface area contributed by atoms with Gasteiger partial charge in [0.15, 0.2) is 5.78 Å². The third-order valence-electron chi connectivity index (χ3n) is 5.75. The minimum atomic E-state index is -0.894. The Kier molecular flexibility index (Phi) is 6.10. The van der Waals surface area contributed by atoms with Crippen LogP contribution < -0.4 is 5.32 Å². The number of carbonyl (C=O) groups excluding carboxylic acids is 2. The monoisotopic (exact) mass is 428 g/mol. The lowest BCUT2D eigenvalue weighted by Gasteiger charge is -2.33. The summed E-state index contributed by atoms with van der Waals surface area (Å²) in [5, 5.41) is 4.75. The predicted molar refractivity (Wildman–Crippen MR) is 125 cm³/mol. The highest BCUT2D eigenvalue weighted by Gasteiger charge is 2.42. The van der Waals surface area contributed by atoms with Gasteiger partial charge in [0.2, 0.25) is 0 Å². The zero-order chi connectivity index (χ0) is 22.7. The van der Waals surface area contributed by atoms with Gasteiger partial charge in [0, 0.05) is 23.2 Å². The molecule has 4 rings (SSSR count). The fourth-order valence-corrected chi connectivity index (χ4v) is 3.93. The lowest BCUT2D eigenvalue weighted by Crippen LogP contribution is -2.49. The third kappa shape index (κ3) is 4.58. The number of ketones is 1. The SMILES string of the molecule is Cc1ccc(C(=O)C[C@@H]2c3ccccc3NC(C)(C)C(=O)N2OCc2ccccc2)cc1. The van der Waals surface area contributed by atoms with Gasteiger partial charge < -0.3 is 5.32 Å². The first-order valence-corrected chi connectivity index (χ1v) is 10.8. The minimum Gasteiger partial charge on any atom is -0.371 e. The molecule has 5 nitrogen and oxygen atoms in total. The number of Topliss-reactive ketones (excluding diaryl/α,β-unsaturated/α-hetero) is 1. The van der Waals surface area contributed by atoms with Gasteiger partial charge in [-0.3, -0.25) is 14.4 Å². The Hall–Kier alpha value is -3.44. The fourth-order valence-electron chi connectivity index (χ4n) is 3.93. The number of fused-ring (bicyclic) bond motifs is 1. The van der Waals surface area contributed by atoms with E-state index in [9.17, 15) is 9.59 Å². The highest BCUT2D eigenvalue weighted by molar-refractivity contribution is 5.97. The van der Waals surface area contributed by atoms with E-state index in [2.05, 4.69) is 5.32 Å². The van der Waals surface area contributed by atoms with E-state index in [0.717, 1.165) is 22.4 Å². The molecule has 3 aromatic rings. The molecule has 1 aliphatic rings. The van der Waals surface area contributed by atoms with Gasteiger partial charge in [-0.1, -0.05) is 78.4 Å². The third-order valence-corrected chi connectivity index (χ3v) is 5.75. The van der Waals surface area contributed by atoms with Gasteiger partial charge in [-0.2, -0.15) is 0 Å². The fraction of sp³-hybridized carbons (Fsp3) is 0.259. The molecule has 0 fully saturated rings. The van der Waals surface area contributed by atoms with Crippen LogP contribution in [0.15, 0.2) is 78.9 Å². The Labute approximate surface area is 189 Å². The van der Waals surface area contributed by atoms with E-state index < -0.39 is 11.6 Å². The molecule has 0 aromatic heterocycles. The van der Waals surface area contributed by atoms with Crippen LogP contribution in [-0.4, -0.2) is 22.3 Å². The quantitative estimate of drug-likeness (QED) is 0.529. The Balaban J connectivity index is 1.71. The van der Waals surface area contributed by atoms with E-state index in [-0.39, 0.29) is 24.7 Å². The van der Waals surface area contributed by atoms with Crippen LogP contribution in [0.2, 0.25) is 0 Å². The molecule has 0 unspecified atom stereocenters. The molecule has 0 aliphatic carbocycles. The van der Waals surface area contributed by atoms with Crippen molar-refractivity contribution in [3.05, 3.63) is 101 Å². The smallest absolute Gasteiger partial charge is 0.271 e. The highest BCUT2D eigenvalue weighted by Crippen LogP contribution is 2.38. The van der Waals surface area contributed by atoms with Crippen LogP contribution in [0.1, 0.15) is 53.4 Å². The second-order valence-electron chi connectivity index (χ2n) is 8.74. The highest BCUT2D eigenvalue weighted by atomic mass is 16.7. The zero-order valence-corrected chi connectivity index (χ0v) is 18.7. The number of hydroxylamine groups is 2. The first-order valence-electron chi connectivity index (χ1n) is 10.8. The van der Waals surface area contributed by atoms with Crippen molar-refractivity contribution >= 4 is 17.4 Å². The number of anilines is 1. The van der Waals surface area contributed by atoms with Crippen LogP contribution >= 0.6 is 0 Å². The zero-order valence-electron chi connectivity index (χ0n) is 18.7. The maximum atomic E-state index is 13.6. The molecule has 0 bridgehead atoms. The second kappa shape index (κ2) is 8.97. The van der Waals surface area contributed by atoms with Crippen LogP contribution in [-0.2, 0) is 16.2 Å². The number of nitrogens with one attached hydrogen (secondary N) is 1. The number of amides is 1. The standard InChI is InChI=1S/C27H28N2O3/c1-19-13-15-21(16-14-19)25(30)17-24-22-11-7-8-12-23(22)28-27(2,3)26(31)29(24)32-18-20-9-5-4-6-10-20/h4-16,24,28H,17-18H2,1-3H3/t24-/m1/s1. The maximum Gasteiger partial charge on any atom is 0.271 e. The summed E-state index contributed by atoms with van der Waals surface area (Å²) in [6.07, 6.45) is 0.123. The van der Waals surface area contributed by atoms with E-state index in [1.165, 1.54) is 5.06 Å². The van der Waals surface area contributed by atoms with Crippen LogP contribution in [0.5, 0.6) is 0 Å². The van der Waals surface area contributed by atoms with Gasteiger partial charge in [0.1, 0.15) is 12.1 Å². The van der Waals surface area contributed by atoms with Crippen molar-refractivity contribution in [3.8, 4) is 0 Å². The van der Waals surface area contributed by atoms with Crippen molar-refractivity contribution in [2.24, 2.45) is 0 Å². The number of rotatable bonds is 6. The minimum absolute atomic E-state index is 0.0365. The summed E-state index contributed by atoms with van der Waals surface area (Å²) in [7, 11) is 0. The molecule has 1 amide bonds. The first-order chi connectivity index (χ1) is 15.3. The number of para-hydroxylation sites is 1. The summed E-state index contributed by atoms with van der Waals surface area (Å²) < 4.78 is 0. The summed E-state index contributed by atoms with van der Waals surface area (Å²) in [6, 6.07) is 24.4. The lowest BCUT2D eigenvalue weighted by atomic mass is 9.96. The molecule has 0 saturated carbocycles. The van der Waals surface area contributed by atoms with Crippen LogP contribution in [0, 0.1) is 6.92 Å². The normalized spacial score (nSPS) is 17.3. The molecule has 164 valence electrons. The summed E-state index contributed by atoms with van der Waals surface area (Å²) in [5.41, 5.74) is 3.47. The lowest BCUT2D eigenvalue weighted by molar-refractivity contribution is -0.209. The largest absolute Gasteiger partial charge is 0.371 e. The van der Waals surface area contributed by atoms with Gasteiger partial charge in [0.05, 0.1) is 6.04 Å². The van der Waals surface area contributed by atoms with Crippen molar-refractivity contribution < 1.29 is 14.4 Å². The van der Waals surface area contributed by atoms with E-state index in [1.807, 2.05) is 99.6 Å². The van der Waals surface area contributed by atoms with Crippen molar-refractivity contribution in [3.63, 3.8) is 0 Å². The molecule has 0 spiro atoms. The van der Waals surface area contributed by atoms with Gasteiger partial charge in [-0.25, -0.2) is 5.06 Å². The second-order valence-corrected chi connectivity index (χ2v) is 8.74. The molecule has 1 atom stereocenters. The molecule has 1 heterocycles. The van der Waals surface area contributed by atoms with E-state index in [4.69, 9.17) is 4.84 Å². The van der Waals surface area contributed by atoms with Crippen molar-refractivity contribution in [1.29, 1.82) is 0 Å². The molecule has 3 aromatic carbocycles. The Bertz CT molecular complexity index is 1110. The van der Waals surface area contributed by atoms with Gasteiger partial charge in [0.25, 0.3) is 5.91 Å². The summed E-state index contributed by atoms with van der Waals surface area (Å²) in [5.74, 6) is -0.253. The van der Waals surface area contributed by atoms with Crippen molar-refractivity contribution in [2.75, 3.05) is 5.32 Å². The van der Waals surface area contributed by atoms with E-state index >= 15 is 0 Å².